The zero-order valence-electron chi connectivity index (χ0n) is 20.9. The molecule has 1 aliphatic heterocycles. The third-order valence-electron chi connectivity index (χ3n) is 6.11. The minimum absolute atomic E-state index is 0.0857. The molecule has 4 atom stereocenters. The van der Waals surface area contributed by atoms with Gasteiger partial charge in [-0.3, -0.25) is 9.36 Å². The Morgan fingerprint density at radius 2 is 1.81 bits per heavy atom. The number of ether oxygens (including phenoxy) is 3. The zero-order valence-corrected chi connectivity index (χ0v) is 21.8. The van der Waals surface area contributed by atoms with Crippen LogP contribution in [0.4, 0.5) is 0 Å². The van der Waals surface area contributed by atoms with Gasteiger partial charge in [-0.25, -0.2) is 0 Å². The van der Waals surface area contributed by atoms with Gasteiger partial charge in [-0.1, -0.05) is 36.6 Å². The van der Waals surface area contributed by atoms with Crippen molar-refractivity contribution in [2.24, 2.45) is 5.92 Å². The van der Waals surface area contributed by atoms with Crippen molar-refractivity contribution < 1.29 is 32.6 Å². The third-order valence-corrected chi connectivity index (χ3v) is 8.36. The highest BCUT2D eigenvalue weighted by Gasteiger charge is 2.40. The summed E-state index contributed by atoms with van der Waals surface area (Å²) < 4.78 is 39.1. The van der Waals surface area contributed by atoms with E-state index in [4.69, 9.17) is 23.3 Å². The van der Waals surface area contributed by atoms with Gasteiger partial charge in [0.15, 0.2) is 11.9 Å². The lowest BCUT2D eigenvalue weighted by Crippen LogP contribution is -2.24. The largest absolute Gasteiger partial charge is 0.468 e. The summed E-state index contributed by atoms with van der Waals surface area (Å²) in [6.45, 7) is 6.47. The van der Waals surface area contributed by atoms with Crippen LogP contribution in [0.25, 0.3) is 0 Å². The molecule has 0 N–H and O–H groups in total. The number of unbranched alkanes of at least 4 members (excludes halogenated alkanes) is 1. The van der Waals surface area contributed by atoms with Crippen molar-refractivity contribution in [2.45, 2.75) is 90.2 Å². The maximum Gasteiger partial charge on any atom is 0.344 e. The molecule has 32 heavy (non-hydrogen) atoms. The van der Waals surface area contributed by atoms with E-state index in [0.29, 0.717) is 18.8 Å². The quantitative estimate of drug-likeness (QED) is 0.163. The normalized spacial score (nSPS) is 23.4. The first kappa shape index (κ1) is 29.1. The Kier molecular flexibility index (Phi) is 13.6. The average molecular weight is 475 g/mol. The Balaban J connectivity index is 2.68. The van der Waals surface area contributed by atoms with E-state index in [9.17, 15) is 9.36 Å². The molecule has 186 valence electrons. The number of carbonyl (C=O) groups is 1. The molecule has 0 aliphatic carbocycles. The van der Waals surface area contributed by atoms with Crippen LogP contribution in [0.3, 0.4) is 0 Å². The van der Waals surface area contributed by atoms with Crippen molar-refractivity contribution in [3.05, 3.63) is 23.3 Å². The summed E-state index contributed by atoms with van der Waals surface area (Å²) in [5.74, 6) is -0.172. The van der Waals surface area contributed by atoms with Crippen molar-refractivity contribution >= 4 is 13.6 Å². The lowest BCUT2D eigenvalue weighted by atomic mass is 9.91. The molecule has 1 aliphatic rings. The molecule has 1 heterocycles. The second-order valence-electron chi connectivity index (χ2n) is 8.49. The fourth-order valence-electron chi connectivity index (χ4n) is 4.02. The second-order valence-corrected chi connectivity index (χ2v) is 10.9. The first-order valence-electron chi connectivity index (χ1n) is 11.5. The summed E-state index contributed by atoms with van der Waals surface area (Å²) in [5, 5.41) is 0. The molecule has 0 saturated carbocycles. The maximum absolute atomic E-state index is 12.7. The van der Waals surface area contributed by atoms with E-state index in [1.54, 1.807) is 7.11 Å². The summed E-state index contributed by atoms with van der Waals surface area (Å²) in [7, 11) is 2.00. The monoisotopic (exact) mass is 474 g/mol. The first-order valence-corrected chi connectivity index (χ1v) is 13.2. The standard InChI is InChI=1S/C24H43O7P/c1-8-9-11-19(3)16-21-20(17-23(27-4)31-21)15-14-18(2)12-10-13-22(24(25)28-5)32(26,29-6)30-7/h12,16,20-23H,8-11,13-15,17H2,1-7H3/b18-12+,19-16+/t20?,21-,22?,23?/m1/s1. The van der Waals surface area contributed by atoms with Crippen LogP contribution < -0.4 is 0 Å². The molecule has 1 rings (SSSR count). The number of hydrogen-bond donors (Lipinski definition) is 0. The fraction of sp³-hybridized carbons (Fsp3) is 0.792. The summed E-state index contributed by atoms with van der Waals surface area (Å²) in [5.41, 5.74) is 1.67. The molecular formula is C24H43O7P. The Morgan fingerprint density at radius 1 is 1.12 bits per heavy atom. The number of rotatable bonds is 15. The predicted octanol–water partition coefficient (Wildman–Crippen LogP) is 6.03. The molecular weight excluding hydrogens is 431 g/mol. The average Bonchev–Trinajstić information content (AvgIpc) is 3.19. The van der Waals surface area contributed by atoms with Crippen molar-refractivity contribution in [2.75, 3.05) is 28.4 Å². The molecule has 1 saturated heterocycles. The minimum atomic E-state index is -3.54. The van der Waals surface area contributed by atoms with Crippen LogP contribution in [0.15, 0.2) is 23.3 Å². The maximum atomic E-state index is 12.7. The summed E-state index contributed by atoms with van der Waals surface area (Å²) in [6, 6.07) is 0. The molecule has 1 fully saturated rings. The lowest BCUT2D eigenvalue weighted by Gasteiger charge is -2.21. The van der Waals surface area contributed by atoms with Gasteiger partial charge in [0, 0.05) is 27.8 Å². The highest BCUT2D eigenvalue weighted by Crippen LogP contribution is 2.53. The zero-order chi connectivity index (χ0) is 24.1. The fourth-order valence-corrected chi connectivity index (χ4v) is 5.51. The van der Waals surface area contributed by atoms with Crippen molar-refractivity contribution in [1.82, 2.24) is 0 Å². The Labute approximate surface area is 194 Å². The molecule has 0 aromatic rings. The van der Waals surface area contributed by atoms with Crippen molar-refractivity contribution in [3.63, 3.8) is 0 Å². The minimum Gasteiger partial charge on any atom is -0.468 e. The van der Waals surface area contributed by atoms with Crippen LogP contribution in [0.2, 0.25) is 0 Å². The number of allylic oxidation sites excluding steroid dienone is 3. The van der Waals surface area contributed by atoms with Crippen molar-refractivity contribution in [3.8, 4) is 0 Å². The molecule has 8 heteroatoms. The van der Waals surface area contributed by atoms with Crippen LogP contribution >= 0.6 is 7.60 Å². The van der Waals surface area contributed by atoms with E-state index in [1.807, 2.05) is 0 Å². The van der Waals surface area contributed by atoms with Crippen LogP contribution in [0, 0.1) is 5.92 Å². The van der Waals surface area contributed by atoms with Gasteiger partial charge in [0.05, 0.1) is 13.2 Å². The Hall–Kier alpha value is -0.980. The number of esters is 1. The van der Waals surface area contributed by atoms with Gasteiger partial charge in [0.1, 0.15) is 0 Å². The van der Waals surface area contributed by atoms with Gasteiger partial charge in [-0.15, -0.1) is 0 Å². The third kappa shape index (κ3) is 9.11. The van der Waals surface area contributed by atoms with Gasteiger partial charge in [-0.2, -0.15) is 0 Å². The summed E-state index contributed by atoms with van der Waals surface area (Å²) in [4.78, 5) is 12.1. The van der Waals surface area contributed by atoms with E-state index in [0.717, 1.165) is 25.7 Å². The molecule has 0 bridgehead atoms. The van der Waals surface area contributed by atoms with Gasteiger partial charge in [-0.05, 0) is 58.3 Å². The Morgan fingerprint density at radius 3 is 2.38 bits per heavy atom. The molecule has 0 radical (unpaired) electrons. The van der Waals surface area contributed by atoms with E-state index in [1.165, 1.54) is 45.3 Å². The second kappa shape index (κ2) is 15.0. The number of hydrogen-bond acceptors (Lipinski definition) is 7. The molecule has 0 aromatic heterocycles. The van der Waals surface area contributed by atoms with Gasteiger partial charge >= 0.3 is 13.6 Å². The SMILES string of the molecule is CCCC/C(C)=C/[C@H]1OC(OC)CC1CC/C(C)=C/CCC(C(=O)OC)P(=O)(OC)OC. The lowest BCUT2D eigenvalue weighted by molar-refractivity contribution is -0.140. The van der Waals surface area contributed by atoms with Crippen LogP contribution in [-0.2, 0) is 32.6 Å². The van der Waals surface area contributed by atoms with Crippen molar-refractivity contribution in [1.29, 1.82) is 0 Å². The van der Waals surface area contributed by atoms with Gasteiger partial charge < -0.3 is 23.3 Å². The van der Waals surface area contributed by atoms with E-state index < -0.39 is 19.2 Å². The number of methoxy groups -OCH3 is 2. The smallest absolute Gasteiger partial charge is 0.344 e. The van der Waals surface area contributed by atoms with Crippen LogP contribution in [-0.4, -0.2) is 52.5 Å². The van der Waals surface area contributed by atoms with E-state index in [-0.39, 0.29) is 12.4 Å². The highest BCUT2D eigenvalue weighted by atomic mass is 31.2. The molecule has 0 spiro atoms. The van der Waals surface area contributed by atoms with Crippen LogP contribution in [0.1, 0.15) is 72.1 Å². The predicted molar refractivity (Wildman–Crippen MR) is 127 cm³/mol. The van der Waals surface area contributed by atoms with Crippen LogP contribution in [0.5, 0.6) is 0 Å². The molecule has 0 aromatic carbocycles. The van der Waals surface area contributed by atoms with E-state index in [2.05, 4.69) is 32.9 Å². The summed E-state index contributed by atoms with van der Waals surface area (Å²) >= 11 is 0. The molecule has 7 nitrogen and oxygen atoms in total. The summed E-state index contributed by atoms with van der Waals surface area (Å²) in [6.07, 6.45) is 11.5. The Bertz CT molecular complexity index is 665. The van der Waals surface area contributed by atoms with Gasteiger partial charge in [0.25, 0.3) is 0 Å². The molecule has 0 amide bonds. The molecule has 3 unspecified atom stereocenters. The van der Waals surface area contributed by atoms with Gasteiger partial charge in [0.2, 0.25) is 0 Å². The highest BCUT2D eigenvalue weighted by molar-refractivity contribution is 7.55. The first-order chi connectivity index (χ1) is 15.2. The topological polar surface area (TPSA) is 80.3 Å². The number of carbonyl (C=O) groups excluding carboxylic acids is 1. The van der Waals surface area contributed by atoms with E-state index >= 15 is 0 Å².